The highest BCUT2D eigenvalue weighted by atomic mass is 32.2. The third kappa shape index (κ3) is 3.55. The summed E-state index contributed by atoms with van der Waals surface area (Å²) in [6.45, 7) is -0.180. The highest BCUT2D eigenvalue weighted by Crippen LogP contribution is 2.37. The molecule has 1 N–H and O–H groups in total. The van der Waals surface area contributed by atoms with E-state index in [1.54, 1.807) is 0 Å². The van der Waals surface area contributed by atoms with Crippen molar-refractivity contribution < 1.29 is 31.5 Å². The molecule has 118 valence electrons. The van der Waals surface area contributed by atoms with Crippen molar-refractivity contribution >= 4 is 27.3 Å². The maximum Gasteiger partial charge on any atom is 0.402 e. The summed E-state index contributed by atoms with van der Waals surface area (Å²) in [7, 11) is -4.35. The minimum Gasteiger partial charge on any atom is -0.477 e. The average Bonchev–Trinajstić information content (AvgIpc) is 3.06. The second-order valence-corrected chi connectivity index (χ2v) is 7.85. The van der Waals surface area contributed by atoms with Crippen molar-refractivity contribution in [3.8, 4) is 0 Å². The van der Waals surface area contributed by atoms with E-state index in [1.165, 1.54) is 6.92 Å². The van der Waals surface area contributed by atoms with Crippen molar-refractivity contribution in [2.75, 3.05) is 6.54 Å². The van der Waals surface area contributed by atoms with Crippen LogP contribution in [0.2, 0.25) is 0 Å². The Bertz CT molecular complexity index is 661. The monoisotopic (exact) mass is 343 g/mol. The van der Waals surface area contributed by atoms with Crippen LogP contribution in [0.4, 0.5) is 13.2 Å². The molecule has 0 aliphatic heterocycles. The third-order valence-corrected chi connectivity index (χ3v) is 6.15. The number of alkyl halides is 3. The number of carboxylic acid groups (broad SMARTS) is 1. The lowest BCUT2D eigenvalue weighted by molar-refractivity contribution is -0.137. The van der Waals surface area contributed by atoms with Crippen LogP contribution >= 0.6 is 11.3 Å². The molecule has 0 amide bonds. The fourth-order valence-corrected chi connectivity index (χ4v) is 4.97. The van der Waals surface area contributed by atoms with Crippen LogP contribution in [0.25, 0.3) is 0 Å². The first kappa shape index (κ1) is 16.2. The van der Waals surface area contributed by atoms with Crippen molar-refractivity contribution in [3.63, 3.8) is 0 Å². The molecule has 10 heteroatoms. The number of hydrogen-bond donors (Lipinski definition) is 1. The predicted molar refractivity (Wildman–Crippen MR) is 69.0 cm³/mol. The van der Waals surface area contributed by atoms with Gasteiger partial charge in [-0.25, -0.2) is 13.2 Å². The van der Waals surface area contributed by atoms with E-state index < -0.39 is 34.8 Å². The number of aromatic carboxylic acids is 1. The lowest BCUT2D eigenvalue weighted by atomic mass is 10.4. The topological polar surface area (TPSA) is 74.7 Å². The molecule has 1 fully saturated rings. The van der Waals surface area contributed by atoms with Crippen molar-refractivity contribution in [2.24, 2.45) is 0 Å². The number of carbonyl (C=O) groups is 1. The first-order chi connectivity index (χ1) is 9.52. The van der Waals surface area contributed by atoms with Crippen LogP contribution in [0.15, 0.2) is 11.0 Å². The van der Waals surface area contributed by atoms with Crippen molar-refractivity contribution in [3.05, 3.63) is 15.8 Å². The van der Waals surface area contributed by atoms with Crippen LogP contribution in [0.3, 0.4) is 0 Å². The molecule has 5 nitrogen and oxygen atoms in total. The summed E-state index contributed by atoms with van der Waals surface area (Å²) in [6, 6.07) is 0.257. The molecule has 1 aliphatic rings. The highest BCUT2D eigenvalue weighted by molar-refractivity contribution is 7.89. The molecule has 0 radical (unpaired) electrons. The second-order valence-electron chi connectivity index (χ2n) is 4.73. The molecule has 21 heavy (non-hydrogen) atoms. The summed E-state index contributed by atoms with van der Waals surface area (Å²) in [4.78, 5) is 10.5. The van der Waals surface area contributed by atoms with Crippen LogP contribution in [0.1, 0.15) is 27.4 Å². The minimum atomic E-state index is -4.64. The maximum absolute atomic E-state index is 12.6. The van der Waals surface area contributed by atoms with Crippen LogP contribution in [0.5, 0.6) is 0 Å². The molecular formula is C11H12F3NO4S2. The minimum absolute atomic E-state index is 0.167. The largest absolute Gasteiger partial charge is 0.477 e. The molecular weight excluding hydrogens is 331 g/mol. The molecule has 0 saturated heterocycles. The number of hydrogen-bond acceptors (Lipinski definition) is 4. The maximum atomic E-state index is 12.6. The predicted octanol–water partition coefficient (Wildman–Crippen LogP) is 2.47. The quantitative estimate of drug-likeness (QED) is 0.891. The van der Waals surface area contributed by atoms with Crippen LogP contribution < -0.4 is 0 Å². The Labute approximate surface area is 123 Å². The van der Waals surface area contributed by atoms with Gasteiger partial charge in [0.15, 0.2) is 0 Å². The Kier molecular flexibility index (Phi) is 4.06. The van der Waals surface area contributed by atoms with E-state index in [1.807, 2.05) is 0 Å². The smallest absolute Gasteiger partial charge is 0.402 e. The van der Waals surface area contributed by atoms with Crippen molar-refractivity contribution in [2.45, 2.75) is 36.9 Å². The van der Waals surface area contributed by atoms with E-state index in [2.05, 4.69) is 0 Å². The summed E-state index contributed by atoms with van der Waals surface area (Å²) < 4.78 is 62.9. The zero-order chi connectivity index (χ0) is 16.0. The van der Waals surface area contributed by atoms with Gasteiger partial charge in [-0.15, -0.1) is 11.3 Å². The van der Waals surface area contributed by atoms with Crippen LogP contribution in [0, 0.1) is 6.92 Å². The molecule has 1 aromatic heterocycles. The van der Waals surface area contributed by atoms with E-state index in [0.29, 0.717) is 17.1 Å². The van der Waals surface area contributed by atoms with Crippen LogP contribution in [-0.4, -0.2) is 42.6 Å². The van der Waals surface area contributed by atoms with E-state index >= 15 is 0 Å². The van der Waals surface area contributed by atoms with Gasteiger partial charge in [0.05, 0.1) is 4.90 Å². The normalized spacial score (nSPS) is 16.4. The molecule has 0 bridgehead atoms. The van der Waals surface area contributed by atoms with Gasteiger partial charge >= 0.3 is 12.1 Å². The lowest BCUT2D eigenvalue weighted by Crippen LogP contribution is -2.40. The van der Waals surface area contributed by atoms with Gasteiger partial charge in [0.1, 0.15) is 11.4 Å². The van der Waals surface area contributed by atoms with Gasteiger partial charge in [0.25, 0.3) is 0 Å². The molecule has 0 spiro atoms. The van der Waals surface area contributed by atoms with Crippen LogP contribution in [-0.2, 0) is 10.0 Å². The fraction of sp³-hybridized carbons (Fsp3) is 0.545. The van der Waals surface area contributed by atoms with Gasteiger partial charge in [0.2, 0.25) is 10.0 Å². The molecule has 1 aliphatic carbocycles. The van der Waals surface area contributed by atoms with Crippen molar-refractivity contribution in [1.29, 1.82) is 0 Å². The highest BCUT2D eigenvalue weighted by Gasteiger charge is 2.45. The lowest BCUT2D eigenvalue weighted by Gasteiger charge is -2.23. The number of sulfonamides is 1. The standard InChI is InChI=1S/C11H12F3NO4S2/c1-6-9(4-8(20-6)10(16)17)21(18,19)15(7-2-3-7)5-11(12,13)14/h4,7H,2-3,5H2,1H3,(H,16,17). The number of halogens is 3. The molecule has 2 rings (SSSR count). The average molecular weight is 343 g/mol. The number of rotatable bonds is 5. The molecule has 1 saturated carbocycles. The zero-order valence-corrected chi connectivity index (χ0v) is 12.5. The first-order valence-electron chi connectivity index (χ1n) is 5.94. The molecule has 0 unspecified atom stereocenters. The number of nitrogens with zero attached hydrogens (tertiary/aromatic N) is 1. The Hall–Kier alpha value is -1.13. The molecule has 0 aromatic carbocycles. The first-order valence-corrected chi connectivity index (χ1v) is 8.20. The summed E-state index contributed by atoms with van der Waals surface area (Å²) in [5, 5.41) is 8.86. The molecule has 1 aromatic rings. The Morgan fingerprint density at radius 2 is 2.05 bits per heavy atom. The Balaban J connectivity index is 2.41. The van der Waals surface area contributed by atoms with E-state index in [0.717, 1.165) is 17.4 Å². The number of carboxylic acids is 1. The van der Waals surface area contributed by atoms with E-state index in [9.17, 15) is 26.4 Å². The zero-order valence-electron chi connectivity index (χ0n) is 10.8. The Morgan fingerprint density at radius 3 is 2.43 bits per heavy atom. The van der Waals surface area contributed by atoms with Gasteiger partial charge in [-0.1, -0.05) is 0 Å². The third-order valence-electron chi connectivity index (χ3n) is 2.96. The summed E-state index contributed by atoms with van der Waals surface area (Å²) in [5.74, 6) is -1.31. The number of aryl methyl sites for hydroxylation is 1. The van der Waals surface area contributed by atoms with Gasteiger partial charge in [-0.3, -0.25) is 0 Å². The van der Waals surface area contributed by atoms with E-state index in [-0.39, 0.29) is 14.6 Å². The van der Waals surface area contributed by atoms with Gasteiger partial charge in [0, 0.05) is 10.9 Å². The summed E-state index contributed by atoms with van der Waals surface area (Å²) in [6.07, 6.45) is -3.89. The summed E-state index contributed by atoms with van der Waals surface area (Å²) in [5.41, 5.74) is 0. The second kappa shape index (κ2) is 5.25. The van der Waals surface area contributed by atoms with Gasteiger partial charge < -0.3 is 5.11 Å². The molecule has 0 atom stereocenters. The summed E-state index contributed by atoms with van der Waals surface area (Å²) >= 11 is 0.730. The Morgan fingerprint density at radius 1 is 1.48 bits per heavy atom. The van der Waals surface area contributed by atoms with E-state index in [4.69, 9.17) is 5.11 Å². The SMILES string of the molecule is Cc1sc(C(=O)O)cc1S(=O)(=O)N(CC(F)(F)F)C1CC1. The molecule has 1 heterocycles. The fourth-order valence-electron chi connectivity index (χ4n) is 1.90. The number of thiophene rings is 1. The van der Waals surface area contributed by atoms with Gasteiger partial charge in [-0.05, 0) is 25.8 Å². The van der Waals surface area contributed by atoms with Crippen molar-refractivity contribution in [1.82, 2.24) is 4.31 Å². The van der Waals surface area contributed by atoms with Gasteiger partial charge in [-0.2, -0.15) is 17.5 Å².